The Kier molecular flexibility index (Phi) is 3.30. The molecule has 17 heavy (non-hydrogen) atoms. The lowest BCUT2D eigenvalue weighted by molar-refractivity contribution is 0.443. The van der Waals surface area contributed by atoms with Gasteiger partial charge in [0.05, 0.1) is 6.33 Å². The lowest BCUT2D eigenvalue weighted by atomic mass is 9.93. The maximum absolute atomic E-state index is 5.89. The first-order chi connectivity index (χ1) is 7.95. The van der Waals surface area contributed by atoms with Gasteiger partial charge < -0.3 is 10.3 Å². The zero-order chi connectivity index (χ0) is 12.6. The molecule has 1 saturated carbocycles. The summed E-state index contributed by atoms with van der Waals surface area (Å²) >= 11 is 0. The fraction of sp³-hybridized carbons (Fsp3) is 0.786. The second kappa shape index (κ2) is 4.45. The Hall–Kier alpha value is -0.830. The highest BCUT2D eigenvalue weighted by Gasteiger charge is 2.45. The summed E-state index contributed by atoms with van der Waals surface area (Å²) in [5, 5.41) is 0. The van der Waals surface area contributed by atoms with Crippen molar-refractivity contribution in [2.75, 3.05) is 6.54 Å². The first-order valence-electron chi connectivity index (χ1n) is 6.66. The van der Waals surface area contributed by atoms with Gasteiger partial charge in [0.1, 0.15) is 0 Å². The zero-order valence-corrected chi connectivity index (χ0v) is 11.5. The number of hydrogen-bond donors (Lipinski definition) is 1. The molecule has 96 valence electrons. The largest absolute Gasteiger partial charge is 0.334 e. The van der Waals surface area contributed by atoms with Gasteiger partial charge in [0.25, 0.3) is 0 Å². The molecule has 2 atom stereocenters. The Morgan fingerprint density at radius 3 is 2.65 bits per heavy atom. The summed E-state index contributed by atoms with van der Waals surface area (Å²) in [7, 11) is 0. The van der Waals surface area contributed by atoms with Crippen LogP contribution in [-0.2, 0) is 6.54 Å². The third-order valence-electron chi connectivity index (χ3n) is 4.32. The Morgan fingerprint density at radius 2 is 2.18 bits per heavy atom. The summed E-state index contributed by atoms with van der Waals surface area (Å²) in [4.78, 5) is 4.31. The van der Waals surface area contributed by atoms with Gasteiger partial charge in [0, 0.05) is 30.9 Å². The molecule has 1 aliphatic carbocycles. The summed E-state index contributed by atoms with van der Waals surface area (Å²) in [6.45, 7) is 11.0. The van der Waals surface area contributed by atoms with Crippen LogP contribution in [0.3, 0.4) is 0 Å². The fourth-order valence-corrected chi connectivity index (χ4v) is 2.65. The Morgan fingerprint density at radius 1 is 1.53 bits per heavy atom. The molecule has 1 aliphatic rings. The fourth-order valence-electron chi connectivity index (χ4n) is 2.65. The van der Waals surface area contributed by atoms with Crippen LogP contribution >= 0.6 is 0 Å². The maximum atomic E-state index is 5.89. The van der Waals surface area contributed by atoms with Crippen molar-refractivity contribution in [3.05, 3.63) is 18.2 Å². The summed E-state index contributed by atoms with van der Waals surface area (Å²) in [5.74, 6) is 1.81. The molecular formula is C14H25N3. The minimum Gasteiger partial charge on any atom is -0.334 e. The molecule has 0 saturated heterocycles. The second-order valence-electron chi connectivity index (χ2n) is 6.45. The molecule has 0 aliphatic heterocycles. The Balaban J connectivity index is 2.11. The topological polar surface area (TPSA) is 43.8 Å². The smallest absolute Gasteiger partial charge is 0.0948 e. The molecule has 2 unspecified atom stereocenters. The SMILES string of the molecule is CC(C)C(CN)c1cncn1CC1CC1(C)C. The molecule has 0 spiro atoms. The van der Waals surface area contributed by atoms with Crippen molar-refractivity contribution in [1.82, 2.24) is 9.55 Å². The van der Waals surface area contributed by atoms with Crippen molar-refractivity contribution in [2.45, 2.75) is 46.6 Å². The molecule has 3 heteroatoms. The molecule has 0 amide bonds. The highest BCUT2D eigenvalue weighted by atomic mass is 15.1. The third kappa shape index (κ3) is 2.54. The van der Waals surface area contributed by atoms with Crippen molar-refractivity contribution in [2.24, 2.45) is 23.0 Å². The van der Waals surface area contributed by atoms with E-state index in [0.717, 1.165) is 12.5 Å². The molecule has 0 aromatic carbocycles. The summed E-state index contributed by atoms with van der Waals surface area (Å²) < 4.78 is 2.32. The molecule has 2 N–H and O–H groups in total. The first-order valence-corrected chi connectivity index (χ1v) is 6.66. The standard InChI is InChI=1S/C14H25N3/c1-10(2)12(6-15)13-7-16-9-17(13)8-11-5-14(11,3)4/h7,9-12H,5-6,8,15H2,1-4H3. The Bertz CT molecular complexity index is 379. The van der Waals surface area contributed by atoms with Gasteiger partial charge in [-0.15, -0.1) is 0 Å². The van der Waals surface area contributed by atoms with Crippen LogP contribution in [0, 0.1) is 17.3 Å². The monoisotopic (exact) mass is 235 g/mol. The van der Waals surface area contributed by atoms with Gasteiger partial charge in [-0.1, -0.05) is 27.7 Å². The maximum Gasteiger partial charge on any atom is 0.0948 e. The minimum atomic E-state index is 0.430. The van der Waals surface area contributed by atoms with Gasteiger partial charge in [0.15, 0.2) is 0 Å². The van der Waals surface area contributed by atoms with Crippen LogP contribution in [0.15, 0.2) is 12.5 Å². The second-order valence-corrected chi connectivity index (χ2v) is 6.45. The number of aromatic nitrogens is 2. The van der Waals surface area contributed by atoms with E-state index in [1.165, 1.54) is 12.1 Å². The van der Waals surface area contributed by atoms with E-state index in [4.69, 9.17) is 5.73 Å². The van der Waals surface area contributed by atoms with Gasteiger partial charge in [-0.25, -0.2) is 4.98 Å². The third-order valence-corrected chi connectivity index (χ3v) is 4.32. The quantitative estimate of drug-likeness (QED) is 0.852. The van der Waals surface area contributed by atoms with Gasteiger partial charge >= 0.3 is 0 Å². The van der Waals surface area contributed by atoms with Crippen molar-refractivity contribution in [3.8, 4) is 0 Å². The van der Waals surface area contributed by atoms with E-state index in [-0.39, 0.29) is 0 Å². The zero-order valence-electron chi connectivity index (χ0n) is 11.5. The van der Waals surface area contributed by atoms with Crippen LogP contribution in [-0.4, -0.2) is 16.1 Å². The molecule has 0 bridgehead atoms. The number of nitrogens with two attached hydrogens (primary N) is 1. The van der Waals surface area contributed by atoms with Gasteiger partial charge in [-0.3, -0.25) is 0 Å². The van der Waals surface area contributed by atoms with Gasteiger partial charge in [0.2, 0.25) is 0 Å². The van der Waals surface area contributed by atoms with E-state index in [0.29, 0.717) is 23.8 Å². The highest BCUT2D eigenvalue weighted by molar-refractivity contribution is 5.09. The van der Waals surface area contributed by atoms with Gasteiger partial charge in [-0.05, 0) is 23.7 Å². The molecule has 2 rings (SSSR count). The normalized spacial score (nSPS) is 24.0. The lowest BCUT2D eigenvalue weighted by Crippen LogP contribution is -2.21. The van der Waals surface area contributed by atoms with Crippen LogP contribution < -0.4 is 5.73 Å². The molecule has 1 heterocycles. The van der Waals surface area contributed by atoms with Crippen molar-refractivity contribution in [3.63, 3.8) is 0 Å². The summed E-state index contributed by atoms with van der Waals surface area (Å²) in [6.07, 6.45) is 5.29. The van der Waals surface area contributed by atoms with Crippen LogP contribution in [0.4, 0.5) is 0 Å². The molecular weight excluding hydrogens is 210 g/mol. The first kappa shape index (κ1) is 12.6. The summed E-state index contributed by atoms with van der Waals surface area (Å²) in [6, 6.07) is 0. The minimum absolute atomic E-state index is 0.430. The lowest BCUT2D eigenvalue weighted by Gasteiger charge is -2.21. The summed E-state index contributed by atoms with van der Waals surface area (Å²) in [5.41, 5.74) is 7.73. The van der Waals surface area contributed by atoms with Crippen molar-refractivity contribution in [1.29, 1.82) is 0 Å². The van der Waals surface area contributed by atoms with E-state index in [2.05, 4.69) is 37.2 Å². The van der Waals surface area contributed by atoms with Gasteiger partial charge in [-0.2, -0.15) is 0 Å². The van der Waals surface area contributed by atoms with E-state index < -0.39 is 0 Å². The number of hydrogen-bond acceptors (Lipinski definition) is 2. The molecule has 1 aromatic rings. The highest BCUT2D eigenvalue weighted by Crippen LogP contribution is 2.52. The molecule has 1 aromatic heterocycles. The number of imidazole rings is 1. The van der Waals surface area contributed by atoms with Crippen LogP contribution in [0.25, 0.3) is 0 Å². The molecule has 0 radical (unpaired) electrons. The van der Waals surface area contributed by atoms with Crippen LogP contribution in [0.2, 0.25) is 0 Å². The predicted molar refractivity (Wildman–Crippen MR) is 70.7 cm³/mol. The van der Waals surface area contributed by atoms with E-state index >= 15 is 0 Å². The van der Waals surface area contributed by atoms with Crippen molar-refractivity contribution >= 4 is 0 Å². The van der Waals surface area contributed by atoms with Crippen LogP contribution in [0.1, 0.15) is 45.7 Å². The number of rotatable bonds is 5. The van der Waals surface area contributed by atoms with Crippen molar-refractivity contribution < 1.29 is 0 Å². The molecule has 3 nitrogen and oxygen atoms in total. The van der Waals surface area contributed by atoms with E-state index in [1.807, 2.05) is 12.5 Å². The van der Waals surface area contributed by atoms with E-state index in [1.54, 1.807) is 0 Å². The predicted octanol–water partition coefficient (Wildman–Crippen LogP) is 2.63. The van der Waals surface area contributed by atoms with Crippen LogP contribution in [0.5, 0.6) is 0 Å². The molecule has 1 fully saturated rings. The number of nitrogens with zero attached hydrogens (tertiary/aromatic N) is 2. The van der Waals surface area contributed by atoms with E-state index in [9.17, 15) is 0 Å². The Labute approximate surface area is 104 Å². The average molecular weight is 235 g/mol. The average Bonchev–Trinajstić information content (AvgIpc) is 2.64.